The average molecular weight is 747 g/mol. The maximum atomic E-state index is 13.5. The third-order valence-corrected chi connectivity index (χ3v) is 13.7. The topological polar surface area (TPSA) is 86.7 Å². The largest absolute Gasteiger partial charge is 0.482 e. The Morgan fingerprint density at radius 2 is 0.962 bits per heavy atom. The Hall–Kier alpha value is -4.92. The quantitative estimate of drug-likeness (QED) is 0.117. The number of fused-ring (bicyclic) bond motifs is 1. The van der Waals surface area contributed by atoms with Crippen LogP contribution in [0.1, 0.15) is 70.6 Å². The van der Waals surface area contributed by atoms with E-state index in [4.69, 9.17) is 9.47 Å². The van der Waals surface area contributed by atoms with Gasteiger partial charge in [0.1, 0.15) is 22.8 Å². The summed E-state index contributed by atoms with van der Waals surface area (Å²) in [5.41, 5.74) is 2.17. The van der Waals surface area contributed by atoms with E-state index in [0.29, 0.717) is 23.7 Å². The van der Waals surface area contributed by atoms with E-state index in [1.54, 1.807) is 72.8 Å². The molecule has 0 bridgehead atoms. The van der Waals surface area contributed by atoms with Crippen molar-refractivity contribution in [2.45, 2.75) is 91.4 Å². The first-order chi connectivity index (χ1) is 25.2. The lowest BCUT2D eigenvalue weighted by Gasteiger charge is -2.31. The summed E-state index contributed by atoms with van der Waals surface area (Å²) < 4.78 is 66.6. The molecule has 1 unspecified atom stereocenters. The Balaban J connectivity index is 1.21. The highest BCUT2D eigenvalue weighted by Crippen LogP contribution is 2.40. The Morgan fingerprint density at radius 3 is 1.45 bits per heavy atom. The Labute approximate surface area is 314 Å². The molecule has 0 N–H and O–H groups in total. The number of rotatable bonds is 13. The summed E-state index contributed by atoms with van der Waals surface area (Å²) in [7, 11) is -7.37. The predicted octanol–water partition coefficient (Wildman–Crippen LogP) is 11.4. The maximum Gasteiger partial charge on any atom is 0.206 e. The van der Waals surface area contributed by atoms with Crippen molar-refractivity contribution in [3.63, 3.8) is 0 Å². The van der Waals surface area contributed by atoms with E-state index in [-0.39, 0.29) is 25.0 Å². The van der Waals surface area contributed by atoms with Gasteiger partial charge in [-0.2, -0.15) is 0 Å². The van der Waals surface area contributed by atoms with Crippen molar-refractivity contribution < 1.29 is 26.3 Å². The van der Waals surface area contributed by atoms with Crippen LogP contribution in [0, 0.1) is 6.92 Å². The van der Waals surface area contributed by atoms with Crippen LogP contribution >= 0.6 is 0 Å². The maximum absolute atomic E-state index is 13.5. The molecule has 0 aromatic heterocycles. The molecule has 0 aliphatic rings. The second-order valence-corrected chi connectivity index (χ2v) is 18.3. The molecule has 0 amide bonds. The van der Waals surface area contributed by atoms with Gasteiger partial charge in [-0.1, -0.05) is 100 Å². The molecule has 6 aromatic rings. The van der Waals surface area contributed by atoms with Crippen molar-refractivity contribution in [2.24, 2.45) is 0 Å². The lowest BCUT2D eigenvalue weighted by molar-refractivity contribution is 0.0845. The third-order valence-electron chi connectivity index (χ3n) is 10.1. The lowest BCUT2D eigenvalue weighted by atomic mass is 9.81. The highest BCUT2D eigenvalue weighted by molar-refractivity contribution is 7.91. The first-order valence-corrected chi connectivity index (χ1v) is 20.9. The minimum absolute atomic E-state index is 0.0257. The van der Waals surface area contributed by atoms with Crippen LogP contribution < -0.4 is 9.47 Å². The van der Waals surface area contributed by atoms with Crippen molar-refractivity contribution in [3.8, 4) is 17.2 Å². The van der Waals surface area contributed by atoms with Crippen molar-refractivity contribution in [1.29, 1.82) is 0 Å². The van der Waals surface area contributed by atoms with Gasteiger partial charge in [-0.05, 0) is 116 Å². The minimum atomic E-state index is -3.71. The summed E-state index contributed by atoms with van der Waals surface area (Å²) in [6, 6.07) is 38.9. The van der Waals surface area contributed by atoms with Gasteiger partial charge in [0.15, 0.2) is 0 Å². The molecule has 6 rings (SSSR count). The molecule has 0 radical (unpaired) electrons. The highest BCUT2D eigenvalue weighted by atomic mass is 32.2. The van der Waals surface area contributed by atoms with Gasteiger partial charge in [0.2, 0.25) is 19.7 Å². The van der Waals surface area contributed by atoms with Crippen molar-refractivity contribution in [3.05, 3.63) is 150 Å². The molecule has 0 heterocycles. The van der Waals surface area contributed by atoms with Crippen molar-refractivity contribution in [1.82, 2.24) is 0 Å². The summed E-state index contributed by atoms with van der Waals surface area (Å²) in [6.07, 6.45) is 2.69. The monoisotopic (exact) mass is 746 g/mol. The first-order valence-electron chi connectivity index (χ1n) is 17.9. The molecular formula is C45H46O6S2. The van der Waals surface area contributed by atoms with E-state index >= 15 is 0 Å². The molecule has 0 aliphatic heterocycles. The SMILES string of the molecule is CCCC(C)(C)c1ccc(S(=O)(=O)c2ccc(Oc3cccc4c(OC(C)(CC)c5ccc(S(=O)(=O)c6ccc(C)cc6)cc5)cccc34)cc2)cc1. The fraction of sp³-hybridized carbons (Fsp3) is 0.244. The van der Waals surface area contributed by atoms with Gasteiger partial charge in [0.25, 0.3) is 0 Å². The molecule has 0 saturated heterocycles. The molecule has 0 spiro atoms. The fourth-order valence-electron chi connectivity index (χ4n) is 6.65. The zero-order valence-electron chi connectivity index (χ0n) is 31.1. The van der Waals surface area contributed by atoms with Gasteiger partial charge >= 0.3 is 0 Å². The summed E-state index contributed by atoms with van der Waals surface area (Å²) in [4.78, 5) is 0.930. The standard InChI is InChI=1S/C45H46O6S2/c1-7-31-44(4,5)33-17-25-37(26-18-33)53(48,49)39-29-21-35(22-30-39)50-42-13-9-12-41-40(42)11-10-14-43(41)51-45(6,8-2)34-19-27-38(28-20-34)52(46,47)36-23-15-32(3)16-24-36/h9-30H,7-8,31H2,1-6H3. The van der Waals surface area contributed by atoms with Crippen LogP contribution in [0.5, 0.6) is 17.2 Å². The van der Waals surface area contributed by atoms with Crippen LogP contribution in [-0.2, 0) is 30.7 Å². The van der Waals surface area contributed by atoms with Crippen LogP contribution in [0.15, 0.2) is 153 Å². The molecule has 0 saturated carbocycles. The fourth-order valence-corrected chi connectivity index (χ4v) is 9.17. The number of aryl methyl sites for hydroxylation is 1. The number of hydrogen-bond donors (Lipinski definition) is 0. The predicted molar refractivity (Wildman–Crippen MR) is 212 cm³/mol. The summed E-state index contributed by atoms with van der Waals surface area (Å²) >= 11 is 0. The molecular weight excluding hydrogens is 701 g/mol. The second kappa shape index (κ2) is 14.8. The highest BCUT2D eigenvalue weighted by Gasteiger charge is 2.29. The zero-order chi connectivity index (χ0) is 38.0. The summed E-state index contributed by atoms with van der Waals surface area (Å²) in [6.45, 7) is 12.4. The van der Waals surface area contributed by atoms with E-state index in [1.807, 2.05) is 81.4 Å². The second-order valence-electron chi connectivity index (χ2n) is 14.4. The molecule has 53 heavy (non-hydrogen) atoms. The van der Waals surface area contributed by atoms with Crippen LogP contribution in [0.4, 0.5) is 0 Å². The van der Waals surface area contributed by atoms with Crippen LogP contribution in [0.3, 0.4) is 0 Å². The average Bonchev–Trinajstić information content (AvgIpc) is 3.15. The number of sulfone groups is 2. The molecule has 6 aromatic carbocycles. The Morgan fingerprint density at radius 1 is 0.528 bits per heavy atom. The molecule has 6 nitrogen and oxygen atoms in total. The normalized spacial score (nSPS) is 13.4. The van der Waals surface area contributed by atoms with Crippen LogP contribution in [0.2, 0.25) is 0 Å². The summed E-state index contributed by atoms with van der Waals surface area (Å²) in [5, 5.41) is 1.67. The van der Waals surface area contributed by atoms with Crippen LogP contribution in [0.25, 0.3) is 10.8 Å². The van der Waals surface area contributed by atoms with Gasteiger partial charge in [-0.25, -0.2) is 16.8 Å². The summed E-state index contributed by atoms with van der Waals surface area (Å²) in [5.74, 6) is 1.75. The van der Waals surface area contributed by atoms with E-state index in [0.717, 1.165) is 40.3 Å². The minimum Gasteiger partial charge on any atom is -0.482 e. The van der Waals surface area contributed by atoms with Crippen LogP contribution in [-0.4, -0.2) is 16.8 Å². The third kappa shape index (κ3) is 7.75. The van der Waals surface area contributed by atoms with Gasteiger partial charge in [-0.3, -0.25) is 0 Å². The van der Waals surface area contributed by atoms with Crippen molar-refractivity contribution >= 4 is 30.4 Å². The van der Waals surface area contributed by atoms with Gasteiger partial charge in [-0.15, -0.1) is 0 Å². The van der Waals surface area contributed by atoms with E-state index in [2.05, 4.69) is 20.8 Å². The van der Waals surface area contributed by atoms with E-state index < -0.39 is 25.3 Å². The number of benzene rings is 6. The Kier molecular flexibility index (Phi) is 10.6. The molecule has 274 valence electrons. The first kappa shape index (κ1) is 37.8. The molecule has 0 fully saturated rings. The van der Waals surface area contributed by atoms with Gasteiger partial charge < -0.3 is 9.47 Å². The smallest absolute Gasteiger partial charge is 0.206 e. The lowest BCUT2D eigenvalue weighted by Crippen LogP contribution is -2.28. The van der Waals surface area contributed by atoms with E-state index in [9.17, 15) is 16.8 Å². The van der Waals surface area contributed by atoms with Gasteiger partial charge in [0, 0.05) is 10.8 Å². The van der Waals surface area contributed by atoms with Gasteiger partial charge in [0.05, 0.1) is 19.6 Å². The molecule has 8 heteroatoms. The van der Waals surface area contributed by atoms with E-state index in [1.165, 1.54) is 0 Å². The molecule has 1 atom stereocenters. The van der Waals surface area contributed by atoms with Crippen molar-refractivity contribution in [2.75, 3.05) is 0 Å². The molecule has 0 aliphatic carbocycles. The zero-order valence-corrected chi connectivity index (χ0v) is 32.7. The Bertz CT molecular complexity index is 2430. The number of hydrogen-bond acceptors (Lipinski definition) is 6. The number of ether oxygens (including phenoxy) is 2.